The molecule has 0 radical (unpaired) electrons. The molecule has 0 bridgehead atoms. The Balaban J connectivity index is 1.56. The van der Waals surface area contributed by atoms with Crippen molar-refractivity contribution in [3.8, 4) is 11.5 Å². The number of rotatable bonds is 8. The molecule has 1 atom stereocenters. The molecule has 2 aromatic carbocycles. The highest BCUT2D eigenvalue weighted by Crippen LogP contribution is 2.29. The molecule has 0 aliphatic rings. The van der Waals surface area contributed by atoms with Gasteiger partial charge in [-0.25, -0.2) is 0 Å². The van der Waals surface area contributed by atoms with Gasteiger partial charge in [0, 0.05) is 31.8 Å². The first-order valence-corrected chi connectivity index (χ1v) is 10.2. The minimum absolute atomic E-state index is 0.0343. The lowest BCUT2D eigenvalue weighted by atomic mass is 10.0. The highest BCUT2D eigenvalue weighted by molar-refractivity contribution is 5.92. The second-order valence-electron chi connectivity index (χ2n) is 7.01. The van der Waals surface area contributed by atoms with Crippen molar-refractivity contribution in [2.75, 3.05) is 12.4 Å². The molecular weight excluding hydrogens is 408 g/mol. The average molecular weight is 430 g/mol. The van der Waals surface area contributed by atoms with Crippen LogP contribution in [0.4, 0.5) is 6.01 Å². The Kier molecular flexibility index (Phi) is 6.12. The van der Waals surface area contributed by atoms with Gasteiger partial charge in [0.05, 0.1) is 0 Å². The van der Waals surface area contributed by atoms with Gasteiger partial charge in [-0.1, -0.05) is 37.3 Å². The van der Waals surface area contributed by atoms with E-state index in [0.717, 1.165) is 5.56 Å². The fraction of sp³-hybridized carbons (Fsp3) is 0.167. The summed E-state index contributed by atoms with van der Waals surface area (Å²) in [5, 5.41) is 5.64. The third-order valence-corrected chi connectivity index (χ3v) is 4.86. The Labute approximate surface area is 184 Å². The van der Waals surface area contributed by atoms with Gasteiger partial charge in [-0.05, 0) is 23.8 Å². The van der Waals surface area contributed by atoms with Crippen molar-refractivity contribution in [1.29, 1.82) is 0 Å². The molecule has 4 aromatic rings. The summed E-state index contributed by atoms with van der Waals surface area (Å²) in [5.74, 6) is 0.713. The zero-order valence-electron chi connectivity index (χ0n) is 17.7. The van der Waals surface area contributed by atoms with Crippen LogP contribution in [0.2, 0.25) is 0 Å². The van der Waals surface area contributed by atoms with Gasteiger partial charge in [0.15, 0.2) is 11.4 Å². The van der Waals surface area contributed by atoms with Crippen LogP contribution in [0.25, 0.3) is 11.1 Å². The number of nitrogens with one attached hydrogen (secondary N) is 2. The molecule has 32 heavy (non-hydrogen) atoms. The molecule has 2 N–H and O–H groups in total. The van der Waals surface area contributed by atoms with Crippen LogP contribution >= 0.6 is 0 Å². The maximum atomic E-state index is 12.5. The third kappa shape index (κ3) is 4.59. The summed E-state index contributed by atoms with van der Waals surface area (Å²) < 4.78 is 11.7. The highest BCUT2D eigenvalue weighted by Gasteiger charge is 2.21. The van der Waals surface area contributed by atoms with Gasteiger partial charge in [0.2, 0.25) is 0 Å². The molecule has 0 fully saturated rings. The maximum Gasteiger partial charge on any atom is 0.296 e. The van der Waals surface area contributed by atoms with E-state index in [0.29, 0.717) is 29.0 Å². The van der Waals surface area contributed by atoms with E-state index >= 15 is 0 Å². The first-order chi connectivity index (χ1) is 15.6. The van der Waals surface area contributed by atoms with E-state index in [4.69, 9.17) is 9.15 Å². The summed E-state index contributed by atoms with van der Waals surface area (Å²) in [5.41, 5.74) is 2.22. The van der Waals surface area contributed by atoms with Crippen LogP contribution in [0, 0.1) is 0 Å². The number of nitrogens with zero attached hydrogens (tertiary/aromatic N) is 2. The maximum absolute atomic E-state index is 12.5. The predicted molar refractivity (Wildman–Crippen MR) is 120 cm³/mol. The monoisotopic (exact) mass is 430 g/mol. The molecule has 2 aromatic heterocycles. The minimum Gasteiger partial charge on any atom is -0.457 e. The zero-order valence-corrected chi connectivity index (χ0v) is 17.7. The SMILES string of the molecule is CCC(=O)[C@@H](Nc1nc2ccc(Oc3ccnc(C(=O)NC)c3)cc2o1)c1ccccc1. The Morgan fingerprint density at radius 1 is 1.06 bits per heavy atom. The normalized spacial score (nSPS) is 11.7. The van der Waals surface area contributed by atoms with Gasteiger partial charge in [0.25, 0.3) is 11.9 Å². The quantitative estimate of drug-likeness (QED) is 0.424. The molecular formula is C24H22N4O4. The number of pyridine rings is 1. The van der Waals surface area contributed by atoms with Crippen LogP contribution in [0.3, 0.4) is 0 Å². The number of carbonyl (C=O) groups is 2. The van der Waals surface area contributed by atoms with Crippen LogP contribution in [0.15, 0.2) is 71.3 Å². The molecule has 8 heteroatoms. The van der Waals surface area contributed by atoms with Gasteiger partial charge in [-0.2, -0.15) is 4.98 Å². The lowest BCUT2D eigenvalue weighted by Crippen LogP contribution is -2.20. The molecule has 2 heterocycles. The number of ketones is 1. The van der Waals surface area contributed by atoms with Gasteiger partial charge in [-0.3, -0.25) is 14.6 Å². The molecule has 0 aliphatic heterocycles. The van der Waals surface area contributed by atoms with Crippen LogP contribution in [-0.4, -0.2) is 28.7 Å². The van der Waals surface area contributed by atoms with E-state index in [1.54, 1.807) is 30.3 Å². The van der Waals surface area contributed by atoms with E-state index in [-0.39, 0.29) is 23.4 Å². The Bertz CT molecular complexity index is 1250. The summed E-state index contributed by atoms with van der Waals surface area (Å²) in [6.45, 7) is 1.82. The van der Waals surface area contributed by atoms with Crippen LogP contribution in [0.1, 0.15) is 35.4 Å². The van der Waals surface area contributed by atoms with Crippen molar-refractivity contribution < 1.29 is 18.7 Å². The summed E-state index contributed by atoms with van der Waals surface area (Å²) in [4.78, 5) is 32.7. The van der Waals surface area contributed by atoms with Crippen LogP contribution < -0.4 is 15.4 Å². The average Bonchev–Trinajstić information content (AvgIpc) is 3.24. The number of Topliss-reactive ketones (excluding diaryl/α,β-unsaturated/α-hetero) is 1. The first kappa shape index (κ1) is 21.0. The summed E-state index contributed by atoms with van der Waals surface area (Å²) in [6.07, 6.45) is 1.89. The number of fused-ring (bicyclic) bond motifs is 1. The number of anilines is 1. The number of amides is 1. The second-order valence-corrected chi connectivity index (χ2v) is 7.01. The standard InChI is InChI=1S/C24H22N4O4/c1-3-20(29)22(15-7-5-4-6-8-15)28-24-27-18-10-9-16(14-21(18)32-24)31-17-11-12-26-19(13-17)23(30)25-2/h4-14,22H,3H2,1-2H3,(H,25,30)(H,27,28)/t22-/m0/s1. The fourth-order valence-electron chi connectivity index (χ4n) is 3.22. The number of benzene rings is 2. The van der Waals surface area contributed by atoms with Crippen LogP contribution in [-0.2, 0) is 4.79 Å². The first-order valence-electron chi connectivity index (χ1n) is 10.2. The Hall–Kier alpha value is -4.20. The van der Waals surface area contributed by atoms with E-state index in [1.165, 1.54) is 13.2 Å². The number of hydrogen-bond donors (Lipinski definition) is 2. The number of aromatic nitrogens is 2. The lowest BCUT2D eigenvalue weighted by molar-refractivity contribution is -0.119. The number of hydrogen-bond acceptors (Lipinski definition) is 7. The van der Waals surface area contributed by atoms with Crippen molar-refractivity contribution >= 4 is 28.8 Å². The molecule has 8 nitrogen and oxygen atoms in total. The van der Waals surface area contributed by atoms with E-state index < -0.39 is 6.04 Å². The van der Waals surface area contributed by atoms with Gasteiger partial charge in [-0.15, -0.1) is 0 Å². The molecule has 0 spiro atoms. The van der Waals surface area contributed by atoms with Crippen molar-refractivity contribution in [2.24, 2.45) is 0 Å². The topological polar surface area (TPSA) is 106 Å². The van der Waals surface area contributed by atoms with Crippen molar-refractivity contribution in [1.82, 2.24) is 15.3 Å². The number of carbonyl (C=O) groups excluding carboxylic acids is 2. The number of ether oxygens (including phenoxy) is 1. The molecule has 162 valence electrons. The Morgan fingerprint density at radius 2 is 1.84 bits per heavy atom. The third-order valence-electron chi connectivity index (χ3n) is 4.86. The van der Waals surface area contributed by atoms with Gasteiger partial charge in [0.1, 0.15) is 28.8 Å². The second kappa shape index (κ2) is 9.30. The fourth-order valence-corrected chi connectivity index (χ4v) is 3.22. The van der Waals surface area contributed by atoms with E-state index in [2.05, 4.69) is 20.6 Å². The summed E-state index contributed by atoms with van der Waals surface area (Å²) in [6, 6.07) is 17.6. The molecule has 0 unspecified atom stereocenters. The summed E-state index contributed by atoms with van der Waals surface area (Å²) >= 11 is 0. The highest BCUT2D eigenvalue weighted by atomic mass is 16.5. The van der Waals surface area contributed by atoms with Crippen molar-refractivity contribution in [3.05, 3.63) is 78.1 Å². The van der Waals surface area contributed by atoms with Crippen molar-refractivity contribution in [2.45, 2.75) is 19.4 Å². The largest absolute Gasteiger partial charge is 0.457 e. The van der Waals surface area contributed by atoms with Crippen LogP contribution in [0.5, 0.6) is 11.5 Å². The van der Waals surface area contributed by atoms with E-state index in [9.17, 15) is 9.59 Å². The molecule has 1 amide bonds. The molecule has 0 aliphatic carbocycles. The molecule has 0 saturated carbocycles. The molecule has 4 rings (SSSR count). The Morgan fingerprint density at radius 3 is 2.59 bits per heavy atom. The van der Waals surface area contributed by atoms with Gasteiger partial charge < -0.3 is 19.8 Å². The summed E-state index contributed by atoms with van der Waals surface area (Å²) in [7, 11) is 1.54. The smallest absolute Gasteiger partial charge is 0.296 e. The van der Waals surface area contributed by atoms with Crippen molar-refractivity contribution in [3.63, 3.8) is 0 Å². The lowest BCUT2D eigenvalue weighted by Gasteiger charge is -2.15. The number of oxazole rings is 1. The molecule has 0 saturated heterocycles. The minimum atomic E-state index is -0.551. The predicted octanol–water partition coefficient (Wildman–Crippen LogP) is 4.51. The van der Waals surface area contributed by atoms with Gasteiger partial charge >= 0.3 is 0 Å². The van der Waals surface area contributed by atoms with E-state index in [1.807, 2.05) is 37.3 Å². The zero-order chi connectivity index (χ0) is 22.5.